The minimum Gasteiger partial charge on any atom is -0.495 e. The Morgan fingerprint density at radius 1 is 1.44 bits per heavy atom. The van der Waals surface area contributed by atoms with E-state index in [0.717, 1.165) is 13.1 Å². The first-order valence-corrected chi connectivity index (χ1v) is 9.18. The lowest BCUT2D eigenvalue weighted by atomic mass is 10.1. The molecule has 1 heterocycles. The van der Waals surface area contributed by atoms with E-state index in [1.807, 2.05) is 6.92 Å². The van der Waals surface area contributed by atoms with Crippen LogP contribution in [0.4, 0.5) is 0 Å². The highest BCUT2D eigenvalue weighted by atomic mass is 35.5. The van der Waals surface area contributed by atoms with Gasteiger partial charge in [-0.1, -0.05) is 6.07 Å². The Labute approximate surface area is 154 Å². The third kappa shape index (κ3) is 5.18. The number of nitrogens with zero attached hydrogens (tertiary/aromatic N) is 1. The van der Waals surface area contributed by atoms with Gasteiger partial charge in [0.05, 0.1) is 7.11 Å². The molecule has 25 heavy (non-hydrogen) atoms. The number of halogens is 1. The Bertz CT molecular complexity index is 737. The first kappa shape index (κ1) is 21.4. The average Bonchev–Trinajstić information content (AvgIpc) is 2.59. The van der Waals surface area contributed by atoms with Crippen LogP contribution in [0.3, 0.4) is 0 Å². The van der Waals surface area contributed by atoms with Gasteiger partial charge in [0, 0.05) is 31.8 Å². The van der Waals surface area contributed by atoms with Crippen LogP contribution < -0.4 is 14.8 Å². The van der Waals surface area contributed by atoms with Crippen molar-refractivity contribution in [1.29, 1.82) is 0 Å². The Kier molecular flexibility index (Phi) is 7.88. The van der Waals surface area contributed by atoms with E-state index >= 15 is 0 Å². The zero-order valence-corrected chi connectivity index (χ0v) is 16.1. The number of hydrogen-bond donors (Lipinski definition) is 2. The van der Waals surface area contributed by atoms with Crippen LogP contribution in [-0.4, -0.2) is 59.1 Å². The van der Waals surface area contributed by atoms with E-state index < -0.39 is 10.0 Å². The number of carbonyl (C=O) groups is 1. The van der Waals surface area contributed by atoms with E-state index in [1.165, 1.54) is 26.3 Å². The number of ether oxygens (including phenoxy) is 1. The zero-order valence-electron chi connectivity index (χ0n) is 14.5. The molecule has 1 unspecified atom stereocenters. The van der Waals surface area contributed by atoms with Gasteiger partial charge in [0.2, 0.25) is 15.9 Å². The molecule has 1 aromatic carbocycles. The third-order valence-electron chi connectivity index (χ3n) is 3.95. The van der Waals surface area contributed by atoms with Gasteiger partial charge in [-0.3, -0.25) is 4.79 Å². The van der Waals surface area contributed by atoms with Crippen LogP contribution in [0.15, 0.2) is 29.2 Å². The van der Waals surface area contributed by atoms with Gasteiger partial charge in [0.1, 0.15) is 10.6 Å². The Balaban J connectivity index is 0.00000312. The normalized spacial score (nSPS) is 18.0. The number of hydrogen-bond acceptors (Lipinski definition) is 5. The molecule has 0 bridgehead atoms. The molecular formula is C16H24ClN3O4S. The van der Waals surface area contributed by atoms with Gasteiger partial charge in [0.25, 0.3) is 0 Å². The quantitative estimate of drug-likeness (QED) is 0.729. The van der Waals surface area contributed by atoms with E-state index in [4.69, 9.17) is 4.74 Å². The molecule has 2 rings (SSSR count). The minimum absolute atomic E-state index is 0. The maximum Gasteiger partial charge on any atom is 0.246 e. The predicted octanol–water partition coefficient (Wildman–Crippen LogP) is 0.859. The molecular weight excluding hydrogens is 366 g/mol. The van der Waals surface area contributed by atoms with Crippen molar-refractivity contribution in [3.63, 3.8) is 0 Å². The Morgan fingerprint density at radius 3 is 2.76 bits per heavy atom. The van der Waals surface area contributed by atoms with E-state index in [1.54, 1.807) is 23.1 Å². The summed E-state index contributed by atoms with van der Waals surface area (Å²) in [6, 6.07) is 4.89. The molecule has 0 spiro atoms. The fourth-order valence-corrected chi connectivity index (χ4v) is 3.48. The number of sulfonamides is 1. The molecule has 1 aliphatic rings. The molecule has 0 aromatic heterocycles. The number of rotatable bonds is 5. The monoisotopic (exact) mass is 389 g/mol. The summed E-state index contributed by atoms with van der Waals surface area (Å²) >= 11 is 0. The smallest absolute Gasteiger partial charge is 0.246 e. The Hall–Kier alpha value is -1.61. The van der Waals surface area contributed by atoms with Gasteiger partial charge < -0.3 is 15.0 Å². The van der Waals surface area contributed by atoms with Gasteiger partial charge in [0.15, 0.2) is 0 Å². The van der Waals surface area contributed by atoms with Crippen molar-refractivity contribution >= 4 is 34.4 Å². The molecule has 1 fully saturated rings. The fourth-order valence-electron chi connectivity index (χ4n) is 2.55. The van der Waals surface area contributed by atoms with E-state index in [-0.39, 0.29) is 35.0 Å². The molecule has 1 saturated heterocycles. The van der Waals surface area contributed by atoms with Gasteiger partial charge in [-0.2, -0.15) is 0 Å². The van der Waals surface area contributed by atoms with Crippen molar-refractivity contribution in [2.45, 2.75) is 17.9 Å². The Morgan fingerprint density at radius 2 is 2.16 bits per heavy atom. The predicted molar refractivity (Wildman–Crippen MR) is 99.6 cm³/mol. The number of nitrogens with one attached hydrogen (secondary N) is 2. The highest BCUT2D eigenvalue weighted by molar-refractivity contribution is 7.89. The standard InChI is InChI=1S/C16H23N3O4S.ClH/c1-12-11-18-8-9-19(12)16(20)7-5-13-4-6-14(23-3)15(10-13)24(21,22)17-2;/h4-7,10,12,17-18H,8-9,11H2,1-3H3;1H. The lowest BCUT2D eigenvalue weighted by Crippen LogP contribution is -2.51. The summed E-state index contributed by atoms with van der Waals surface area (Å²) in [5, 5.41) is 3.23. The fraction of sp³-hybridized carbons (Fsp3) is 0.438. The lowest BCUT2D eigenvalue weighted by Gasteiger charge is -2.33. The second-order valence-corrected chi connectivity index (χ2v) is 7.39. The van der Waals surface area contributed by atoms with Crippen molar-refractivity contribution in [2.75, 3.05) is 33.8 Å². The van der Waals surface area contributed by atoms with Crippen molar-refractivity contribution < 1.29 is 17.9 Å². The highest BCUT2D eigenvalue weighted by Crippen LogP contribution is 2.25. The molecule has 1 atom stereocenters. The van der Waals surface area contributed by atoms with Crippen LogP contribution in [0.1, 0.15) is 12.5 Å². The number of benzene rings is 1. The number of methoxy groups -OCH3 is 1. The van der Waals surface area contributed by atoms with Crippen molar-refractivity contribution in [2.24, 2.45) is 0 Å². The van der Waals surface area contributed by atoms with E-state index in [9.17, 15) is 13.2 Å². The van der Waals surface area contributed by atoms with Crippen molar-refractivity contribution in [1.82, 2.24) is 14.9 Å². The van der Waals surface area contributed by atoms with Crippen LogP contribution >= 0.6 is 12.4 Å². The first-order chi connectivity index (χ1) is 11.4. The second-order valence-electron chi connectivity index (χ2n) is 5.54. The number of piperazine rings is 1. The van der Waals surface area contributed by atoms with Crippen LogP contribution in [0.2, 0.25) is 0 Å². The van der Waals surface area contributed by atoms with Crippen LogP contribution in [0.5, 0.6) is 5.75 Å². The van der Waals surface area contributed by atoms with Gasteiger partial charge in [-0.25, -0.2) is 13.1 Å². The van der Waals surface area contributed by atoms with Crippen molar-refractivity contribution in [3.8, 4) is 5.75 Å². The molecule has 140 valence electrons. The number of amides is 1. The minimum atomic E-state index is -3.64. The maximum absolute atomic E-state index is 12.3. The molecule has 2 N–H and O–H groups in total. The highest BCUT2D eigenvalue weighted by Gasteiger charge is 2.21. The summed E-state index contributed by atoms with van der Waals surface area (Å²) in [6.07, 6.45) is 3.09. The largest absolute Gasteiger partial charge is 0.495 e. The molecule has 1 aliphatic heterocycles. The zero-order chi connectivity index (χ0) is 17.7. The summed E-state index contributed by atoms with van der Waals surface area (Å²) < 4.78 is 31.5. The molecule has 0 radical (unpaired) electrons. The summed E-state index contributed by atoms with van der Waals surface area (Å²) in [4.78, 5) is 14.1. The summed E-state index contributed by atoms with van der Waals surface area (Å²) in [5.74, 6) is 0.168. The molecule has 0 aliphatic carbocycles. The third-order valence-corrected chi connectivity index (χ3v) is 5.38. The first-order valence-electron chi connectivity index (χ1n) is 7.70. The maximum atomic E-state index is 12.3. The molecule has 9 heteroatoms. The summed E-state index contributed by atoms with van der Waals surface area (Å²) in [6.45, 7) is 4.19. The average molecular weight is 390 g/mol. The van der Waals surface area contributed by atoms with Crippen LogP contribution in [0, 0.1) is 0 Å². The summed E-state index contributed by atoms with van der Waals surface area (Å²) in [7, 11) is -0.892. The van der Waals surface area contributed by atoms with Gasteiger partial charge in [-0.05, 0) is 37.7 Å². The van der Waals surface area contributed by atoms with E-state index in [0.29, 0.717) is 12.1 Å². The molecule has 7 nitrogen and oxygen atoms in total. The second kappa shape index (κ2) is 9.19. The molecule has 1 aromatic rings. The SMILES string of the molecule is CNS(=O)(=O)c1cc(C=CC(=O)N2CCNCC2C)ccc1OC.Cl. The topological polar surface area (TPSA) is 87.7 Å². The lowest BCUT2D eigenvalue weighted by molar-refractivity contribution is -0.128. The number of carbonyl (C=O) groups excluding carboxylic acids is 1. The van der Waals surface area contributed by atoms with Crippen molar-refractivity contribution in [3.05, 3.63) is 29.8 Å². The summed E-state index contributed by atoms with van der Waals surface area (Å²) in [5.41, 5.74) is 0.612. The van der Waals surface area contributed by atoms with Crippen LogP contribution in [0.25, 0.3) is 6.08 Å². The van der Waals surface area contributed by atoms with E-state index in [2.05, 4.69) is 10.0 Å². The molecule has 0 saturated carbocycles. The molecule has 1 amide bonds. The van der Waals surface area contributed by atoms with Crippen LogP contribution in [-0.2, 0) is 14.8 Å². The van der Waals surface area contributed by atoms with Gasteiger partial charge in [-0.15, -0.1) is 12.4 Å². The van der Waals surface area contributed by atoms with Gasteiger partial charge >= 0.3 is 0 Å².